The van der Waals surface area contributed by atoms with Crippen LogP contribution in [0.15, 0.2) is 47.6 Å². The lowest BCUT2D eigenvalue weighted by Gasteiger charge is -2.21. The predicted octanol–water partition coefficient (Wildman–Crippen LogP) is 2.81. The maximum atomic E-state index is 14.6. The quantitative estimate of drug-likeness (QED) is 0.686. The van der Waals surface area contributed by atoms with Crippen LogP contribution in [0.3, 0.4) is 0 Å². The molecule has 1 aliphatic heterocycles. The number of amides is 2. The molecule has 0 spiro atoms. The third-order valence-corrected chi connectivity index (χ3v) is 4.39. The molecular weight excluding hydrogens is 370 g/mol. The van der Waals surface area contributed by atoms with Gasteiger partial charge in [0.05, 0.1) is 7.11 Å². The summed E-state index contributed by atoms with van der Waals surface area (Å²) in [5.41, 5.74) is 0.823. The molecule has 2 aromatic carbocycles. The number of amidine groups is 1. The molecule has 0 aliphatic carbocycles. The van der Waals surface area contributed by atoms with Gasteiger partial charge in [-0.25, -0.2) is 13.6 Å². The molecule has 7 nitrogen and oxygen atoms in total. The van der Waals surface area contributed by atoms with Crippen molar-refractivity contribution in [3.8, 4) is 5.75 Å². The zero-order valence-electron chi connectivity index (χ0n) is 15.3. The first-order valence-corrected chi connectivity index (χ1v) is 8.53. The molecule has 0 aromatic heterocycles. The SMILES string of the molecule is CO/N=C1\NCC(c2ccc(OC)cc2F)C1NC(=O)Nc1ccc(F)cc1. The van der Waals surface area contributed by atoms with Crippen LogP contribution in [-0.4, -0.2) is 38.7 Å². The number of hydrogen-bond donors (Lipinski definition) is 3. The lowest BCUT2D eigenvalue weighted by atomic mass is 9.93. The highest BCUT2D eigenvalue weighted by molar-refractivity contribution is 5.97. The minimum atomic E-state index is -0.650. The number of hydrogen-bond acceptors (Lipinski definition) is 4. The van der Waals surface area contributed by atoms with Crippen LogP contribution in [0.25, 0.3) is 0 Å². The van der Waals surface area contributed by atoms with E-state index < -0.39 is 29.6 Å². The van der Waals surface area contributed by atoms with Crippen molar-refractivity contribution < 1.29 is 23.1 Å². The minimum Gasteiger partial charge on any atom is -0.497 e. The zero-order chi connectivity index (χ0) is 20.1. The van der Waals surface area contributed by atoms with E-state index in [4.69, 9.17) is 9.57 Å². The van der Waals surface area contributed by atoms with Gasteiger partial charge in [0.15, 0.2) is 5.84 Å². The summed E-state index contributed by atoms with van der Waals surface area (Å²) in [4.78, 5) is 17.2. The summed E-state index contributed by atoms with van der Waals surface area (Å²) < 4.78 is 32.6. The average Bonchev–Trinajstić information content (AvgIpc) is 3.06. The van der Waals surface area contributed by atoms with Gasteiger partial charge in [0, 0.05) is 24.2 Å². The summed E-state index contributed by atoms with van der Waals surface area (Å²) >= 11 is 0. The van der Waals surface area contributed by atoms with Gasteiger partial charge in [0.25, 0.3) is 0 Å². The zero-order valence-corrected chi connectivity index (χ0v) is 15.3. The molecule has 3 rings (SSSR count). The first-order valence-electron chi connectivity index (χ1n) is 8.53. The lowest BCUT2D eigenvalue weighted by molar-refractivity contribution is 0.210. The lowest BCUT2D eigenvalue weighted by Crippen LogP contribution is -2.45. The highest BCUT2D eigenvalue weighted by atomic mass is 19.1. The van der Waals surface area contributed by atoms with Gasteiger partial charge in [0.1, 0.15) is 30.5 Å². The molecule has 0 radical (unpaired) electrons. The number of carbonyl (C=O) groups excluding carboxylic acids is 1. The Bertz CT molecular complexity index is 874. The average molecular weight is 390 g/mol. The Morgan fingerprint density at radius 1 is 1.18 bits per heavy atom. The van der Waals surface area contributed by atoms with Crippen LogP contribution < -0.4 is 20.7 Å². The Morgan fingerprint density at radius 2 is 1.93 bits per heavy atom. The van der Waals surface area contributed by atoms with Crippen LogP contribution in [0.1, 0.15) is 11.5 Å². The van der Waals surface area contributed by atoms with E-state index in [1.807, 2.05) is 0 Å². The Labute approximate surface area is 160 Å². The molecular formula is C19H20F2N4O3. The van der Waals surface area contributed by atoms with E-state index in [-0.39, 0.29) is 0 Å². The molecule has 0 bridgehead atoms. The van der Waals surface area contributed by atoms with E-state index in [1.165, 1.54) is 44.6 Å². The summed E-state index contributed by atoms with van der Waals surface area (Å²) in [6.07, 6.45) is 0. The Morgan fingerprint density at radius 3 is 2.57 bits per heavy atom. The highest BCUT2D eigenvalue weighted by Crippen LogP contribution is 2.29. The molecule has 2 amide bonds. The Kier molecular flexibility index (Phi) is 5.93. The van der Waals surface area contributed by atoms with Gasteiger partial charge in [-0.15, -0.1) is 0 Å². The molecule has 1 fully saturated rings. The topological polar surface area (TPSA) is 84.0 Å². The number of benzene rings is 2. The molecule has 2 unspecified atom stereocenters. The van der Waals surface area contributed by atoms with Crippen molar-refractivity contribution in [3.63, 3.8) is 0 Å². The van der Waals surface area contributed by atoms with Crippen molar-refractivity contribution in [2.75, 3.05) is 26.1 Å². The first-order chi connectivity index (χ1) is 13.5. The van der Waals surface area contributed by atoms with Crippen molar-refractivity contribution in [3.05, 3.63) is 59.7 Å². The monoisotopic (exact) mass is 390 g/mol. The second kappa shape index (κ2) is 8.55. The molecule has 148 valence electrons. The number of ether oxygens (including phenoxy) is 1. The standard InChI is InChI=1S/C19H20F2N4O3/c1-27-13-7-8-14(16(21)9-13)15-10-22-18(25-28-2)17(15)24-19(26)23-12-5-3-11(20)4-6-12/h3-9,15,17H,10H2,1-2H3,(H,22,25)(H2,23,24,26). The van der Waals surface area contributed by atoms with Crippen molar-refractivity contribution >= 4 is 17.6 Å². The van der Waals surface area contributed by atoms with Crippen LogP contribution in [-0.2, 0) is 4.84 Å². The van der Waals surface area contributed by atoms with Gasteiger partial charge in [-0.2, -0.15) is 0 Å². The fraction of sp³-hybridized carbons (Fsp3) is 0.263. The van der Waals surface area contributed by atoms with Crippen molar-refractivity contribution in [2.45, 2.75) is 12.0 Å². The highest BCUT2D eigenvalue weighted by Gasteiger charge is 2.37. The van der Waals surface area contributed by atoms with E-state index in [0.717, 1.165) is 0 Å². The number of nitrogens with one attached hydrogen (secondary N) is 3. The summed E-state index contributed by atoms with van der Waals surface area (Å²) in [6.45, 7) is 0.354. The van der Waals surface area contributed by atoms with E-state index in [9.17, 15) is 13.6 Å². The number of nitrogens with zero attached hydrogens (tertiary/aromatic N) is 1. The molecule has 1 saturated heterocycles. The molecule has 1 heterocycles. The molecule has 1 aliphatic rings. The molecule has 2 aromatic rings. The third-order valence-electron chi connectivity index (χ3n) is 4.39. The van der Waals surface area contributed by atoms with Crippen LogP contribution in [0.5, 0.6) is 5.75 Å². The first kappa shape index (κ1) is 19.4. The van der Waals surface area contributed by atoms with Gasteiger partial charge in [0.2, 0.25) is 0 Å². The van der Waals surface area contributed by atoms with E-state index >= 15 is 0 Å². The van der Waals surface area contributed by atoms with Crippen molar-refractivity contribution in [1.82, 2.24) is 10.6 Å². The molecule has 2 atom stereocenters. The summed E-state index contributed by atoms with van der Waals surface area (Å²) in [6, 6.07) is 8.71. The maximum absolute atomic E-state index is 14.6. The molecule has 0 saturated carbocycles. The number of methoxy groups -OCH3 is 1. The Hall–Kier alpha value is -3.36. The summed E-state index contributed by atoms with van der Waals surface area (Å²) in [5, 5.41) is 12.3. The van der Waals surface area contributed by atoms with Crippen molar-refractivity contribution in [2.24, 2.45) is 5.16 Å². The third kappa shape index (κ3) is 4.30. The van der Waals surface area contributed by atoms with E-state index in [2.05, 4.69) is 21.1 Å². The summed E-state index contributed by atoms with van der Waals surface area (Å²) in [7, 11) is 2.84. The van der Waals surface area contributed by atoms with Gasteiger partial charge in [-0.05, 0) is 35.9 Å². The van der Waals surface area contributed by atoms with E-state index in [0.29, 0.717) is 29.4 Å². The number of oxime groups is 1. The van der Waals surface area contributed by atoms with Crippen LogP contribution in [0.2, 0.25) is 0 Å². The van der Waals surface area contributed by atoms with Crippen molar-refractivity contribution in [1.29, 1.82) is 0 Å². The number of halogens is 2. The van der Waals surface area contributed by atoms with Gasteiger partial charge < -0.3 is 25.5 Å². The van der Waals surface area contributed by atoms with Crippen LogP contribution in [0.4, 0.5) is 19.3 Å². The molecule has 3 N–H and O–H groups in total. The normalized spacial score (nSPS) is 19.8. The number of rotatable bonds is 5. The number of urea groups is 1. The fourth-order valence-corrected chi connectivity index (χ4v) is 3.06. The second-order valence-electron chi connectivity index (χ2n) is 6.12. The molecule has 9 heteroatoms. The number of anilines is 1. The van der Waals surface area contributed by atoms with Gasteiger partial charge >= 0.3 is 6.03 Å². The summed E-state index contributed by atoms with van der Waals surface area (Å²) in [5.74, 6) is -0.502. The maximum Gasteiger partial charge on any atom is 0.319 e. The van der Waals surface area contributed by atoms with Crippen LogP contribution in [0, 0.1) is 11.6 Å². The smallest absolute Gasteiger partial charge is 0.319 e. The van der Waals surface area contributed by atoms with E-state index in [1.54, 1.807) is 12.1 Å². The van der Waals surface area contributed by atoms with Crippen LogP contribution >= 0.6 is 0 Å². The van der Waals surface area contributed by atoms with Gasteiger partial charge in [-0.1, -0.05) is 11.2 Å². The largest absolute Gasteiger partial charge is 0.497 e. The minimum absolute atomic E-state index is 0.354. The Balaban J connectivity index is 1.80. The second-order valence-corrected chi connectivity index (χ2v) is 6.12. The van der Waals surface area contributed by atoms with Gasteiger partial charge in [-0.3, -0.25) is 0 Å². The number of carbonyl (C=O) groups is 1. The fourth-order valence-electron chi connectivity index (χ4n) is 3.06. The predicted molar refractivity (Wildman–Crippen MR) is 100 cm³/mol. The molecule has 28 heavy (non-hydrogen) atoms.